The summed E-state index contributed by atoms with van der Waals surface area (Å²) < 4.78 is 0. The van der Waals surface area contributed by atoms with E-state index < -0.39 is 23.8 Å². The van der Waals surface area contributed by atoms with Gasteiger partial charge in [-0.2, -0.15) is 0 Å². The number of carbonyl (C=O) groups excluding carboxylic acids is 3. The molecule has 0 aromatic heterocycles. The number of carbonyl (C=O) groups is 3. The third kappa shape index (κ3) is 4.02. The lowest BCUT2D eigenvalue weighted by molar-refractivity contribution is -0.120. The second-order valence-corrected chi connectivity index (χ2v) is 8.19. The predicted octanol–water partition coefficient (Wildman–Crippen LogP) is 5.30. The number of nitrogens with one attached hydrogen (secondary N) is 1. The molecule has 1 aliphatic heterocycles. The number of benzene rings is 2. The summed E-state index contributed by atoms with van der Waals surface area (Å²) in [6.07, 6.45) is 0.305. The fourth-order valence-corrected chi connectivity index (χ4v) is 3.62. The monoisotopic (exact) mass is 438 g/mol. The second kappa shape index (κ2) is 8.11. The van der Waals surface area contributed by atoms with Gasteiger partial charge in [0, 0.05) is 10.7 Å². The Kier molecular flexibility index (Phi) is 5.98. The average molecular weight is 440 g/mol. The van der Waals surface area contributed by atoms with Crippen molar-refractivity contribution in [2.45, 2.75) is 26.3 Å². The maximum absolute atomic E-state index is 13.0. The van der Waals surface area contributed by atoms with Crippen molar-refractivity contribution in [1.82, 2.24) is 4.90 Å². The van der Waals surface area contributed by atoms with Crippen molar-refractivity contribution in [1.29, 1.82) is 0 Å². The Hall–Kier alpha value is -2.08. The van der Waals surface area contributed by atoms with Crippen LogP contribution in [-0.2, 0) is 4.79 Å². The molecule has 0 saturated heterocycles. The molecule has 28 heavy (non-hydrogen) atoms. The van der Waals surface area contributed by atoms with Gasteiger partial charge in [-0.15, -0.1) is 0 Å². The number of nitrogens with zero attached hydrogens (tertiary/aromatic N) is 1. The van der Waals surface area contributed by atoms with Gasteiger partial charge in [0.2, 0.25) is 5.91 Å². The molecule has 1 heterocycles. The molecule has 0 aliphatic carbocycles. The summed E-state index contributed by atoms with van der Waals surface area (Å²) in [6, 6.07) is 8.39. The van der Waals surface area contributed by atoms with Crippen molar-refractivity contribution >= 4 is 58.2 Å². The van der Waals surface area contributed by atoms with Gasteiger partial charge in [0.1, 0.15) is 6.04 Å². The number of fused-ring (bicyclic) bond motifs is 1. The second-order valence-electron chi connectivity index (χ2n) is 6.94. The number of hydrogen-bond donors (Lipinski definition) is 1. The highest BCUT2D eigenvalue weighted by Gasteiger charge is 2.43. The molecule has 2 aromatic rings. The Bertz CT molecular complexity index is 934. The fourth-order valence-electron chi connectivity index (χ4n) is 3.10. The highest BCUT2D eigenvalue weighted by atomic mass is 35.5. The molecule has 0 bridgehead atoms. The zero-order valence-corrected chi connectivity index (χ0v) is 17.4. The minimum absolute atomic E-state index is 0.0617. The minimum Gasteiger partial charge on any atom is -0.324 e. The van der Waals surface area contributed by atoms with Crippen LogP contribution in [0.15, 0.2) is 36.4 Å². The summed E-state index contributed by atoms with van der Waals surface area (Å²) in [4.78, 5) is 39.8. The Morgan fingerprint density at radius 3 is 2.07 bits per heavy atom. The lowest BCUT2D eigenvalue weighted by Gasteiger charge is -2.26. The van der Waals surface area contributed by atoms with Crippen LogP contribution in [0.4, 0.5) is 5.69 Å². The van der Waals surface area contributed by atoms with E-state index in [1.54, 1.807) is 24.3 Å². The molecule has 5 nitrogen and oxygen atoms in total. The largest absolute Gasteiger partial charge is 0.324 e. The molecule has 2 aromatic carbocycles. The Balaban J connectivity index is 1.94. The number of hydrogen-bond acceptors (Lipinski definition) is 3. The molecule has 0 radical (unpaired) electrons. The standard InChI is InChI=1S/C20H17Cl3N2O3/c1-10(2)6-17(18(26)24-12-5-3-4-11(21)7-12)25-19(27)13-8-15(22)16(23)9-14(13)20(25)28/h3-5,7-10,17H,6H2,1-2H3,(H,24,26). The molecule has 1 atom stereocenters. The molecule has 3 rings (SSSR count). The maximum atomic E-state index is 13.0. The van der Waals surface area contributed by atoms with Crippen LogP contribution in [-0.4, -0.2) is 28.7 Å². The topological polar surface area (TPSA) is 66.5 Å². The lowest BCUT2D eigenvalue weighted by Crippen LogP contribution is -2.47. The van der Waals surface area contributed by atoms with E-state index in [1.165, 1.54) is 12.1 Å². The van der Waals surface area contributed by atoms with E-state index in [4.69, 9.17) is 34.8 Å². The maximum Gasteiger partial charge on any atom is 0.262 e. The normalized spacial score (nSPS) is 14.4. The van der Waals surface area contributed by atoms with Crippen LogP contribution in [0.25, 0.3) is 0 Å². The molecule has 1 N–H and O–H groups in total. The summed E-state index contributed by atoms with van der Waals surface area (Å²) in [5, 5.41) is 3.54. The highest BCUT2D eigenvalue weighted by molar-refractivity contribution is 6.43. The van der Waals surface area contributed by atoms with E-state index in [1.807, 2.05) is 13.8 Å². The van der Waals surface area contributed by atoms with Crippen molar-refractivity contribution in [3.63, 3.8) is 0 Å². The van der Waals surface area contributed by atoms with Gasteiger partial charge in [-0.1, -0.05) is 54.7 Å². The number of halogens is 3. The number of amides is 3. The lowest BCUT2D eigenvalue weighted by atomic mass is 10.0. The van der Waals surface area contributed by atoms with Crippen LogP contribution in [0.2, 0.25) is 15.1 Å². The molecule has 8 heteroatoms. The highest BCUT2D eigenvalue weighted by Crippen LogP contribution is 2.33. The van der Waals surface area contributed by atoms with Crippen molar-refractivity contribution < 1.29 is 14.4 Å². The van der Waals surface area contributed by atoms with Gasteiger partial charge >= 0.3 is 0 Å². The predicted molar refractivity (Wildman–Crippen MR) is 110 cm³/mol. The van der Waals surface area contributed by atoms with Crippen LogP contribution >= 0.6 is 34.8 Å². The summed E-state index contributed by atoms with van der Waals surface area (Å²) in [7, 11) is 0. The molecule has 1 unspecified atom stereocenters. The number of imide groups is 1. The minimum atomic E-state index is -0.982. The van der Waals surface area contributed by atoms with Gasteiger partial charge in [0.05, 0.1) is 21.2 Å². The van der Waals surface area contributed by atoms with E-state index in [9.17, 15) is 14.4 Å². The van der Waals surface area contributed by atoms with Gasteiger partial charge in [-0.3, -0.25) is 19.3 Å². The van der Waals surface area contributed by atoms with Crippen LogP contribution < -0.4 is 5.32 Å². The van der Waals surface area contributed by atoms with Gasteiger partial charge in [-0.25, -0.2) is 0 Å². The molecule has 0 spiro atoms. The van der Waals surface area contributed by atoms with E-state index in [0.717, 1.165) is 4.90 Å². The summed E-state index contributed by atoms with van der Waals surface area (Å²) in [5.74, 6) is -1.54. The zero-order chi connectivity index (χ0) is 20.6. The third-order valence-corrected chi connectivity index (χ3v) is 5.32. The first kappa shape index (κ1) is 20.6. The van der Waals surface area contributed by atoms with Gasteiger partial charge in [0.25, 0.3) is 11.8 Å². The third-order valence-electron chi connectivity index (χ3n) is 4.36. The molecule has 0 fully saturated rings. The van der Waals surface area contributed by atoms with E-state index >= 15 is 0 Å². The number of rotatable bonds is 5. The van der Waals surface area contributed by atoms with Crippen molar-refractivity contribution in [3.05, 3.63) is 62.6 Å². The number of anilines is 1. The fraction of sp³-hybridized carbons (Fsp3) is 0.250. The first-order chi connectivity index (χ1) is 13.2. The van der Waals surface area contributed by atoms with Crippen molar-refractivity contribution in [3.8, 4) is 0 Å². The van der Waals surface area contributed by atoms with Crippen molar-refractivity contribution in [2.75, 3.05) is 5.32 Å². The first-order valence-corrected chi connectivity index (χ1v) is 9.75. The van der Waals surface area contributed by atoms with Crippen LogP contribution in [0.1, 0.15) is 41.0 Å². The molecular formula is C20H17Cl3N2O3. The van der Waals surface area contributed by atoms with E-state index in [2.05, 4.69) is 5.32 Å². The van der Waals surface area contributed by atoms with Crippen molar-refractivity contribution in [2.24, 2.45) is 5.92 Å². The Labute approximate surface area is 177 Å². The Morgan fingerprint density at radius 1 is 1.00 bits per heavy atom. The quantitative estimate of drug-likeness (QED) is 0.643. The summed E-state index contributed by atoms with van der Waals surface area (Å²) in [5.41, 5.74) is 0.765. The Morgan fingerprint density at radius 2 is 1.57 bits per heavy atom. The SMILES string of the molecule is CC(C)CC(C(=O)Nc1cccc(Cl)c1)N1C(=O)c2cc(Cl)c(Cl)cc2C1=O. The summed E-state index contributed by atoms with van der Waals surface area (Å²) >= 11 is 18.0. The van der Waals surface area contributed by atoms with Gasteiger partial charge in [0.15, 0.2) is 0 Å². The molecule has 0 saturated carbocycles. The van der Waals surface area contributed by atoms with Gasteiger partial charge in [-0.05, 0) is 42.7 Å². The molecular weight excluding hydrogens is 423 g/mol. The van der Waals surface area contributed by atoms with Gasteiger partial charge < -0.3 is 5.32 Å². The van der Waals surface area contributed by atoms with Crippen LogP contribution in [0.5, 0.6) is 0 Å². The molecule has 1 aliphatic rings. The average Bonchev–Trinajstić information content (AvgIpc) is 2.84. The van der Waals surface area contributed by atoms with Crippen LogP contribution in [0.3, 0.4) is 0 Å². The molecule has 3 amide bonds. The molecule has 146 valence electrons. The smallest absolute Gasteiger partial charge is 0.262 e. The zero-order valence-electron chi connectivity index (χ0n) is 15.1. The summed E-state index contributed by atoms with van der Waals surface area (Å²) in [6.45, 7) is 3.82. The van der Waals surface area contributed by atoms with E-state index in [0.29, 0.717) is 17.1 Å². The first-order valence-electron chi connectivity index (χ1n) is 8.62. The van der Waals surface area contributed by atoms with E-state index in [-0.39, 0.29) is 27.1 Å². The van der Waals surface area contributed by atoms with Crippen LogP contribution in [0, 0.1) is 5.92 Å².